The highest BCUT2D eigenvalue weighted by Gasteiger charge is 2.17. The molecule has 0 unspecified atom stereocenters. The number of carbonyl (C=O) groups is 1. The van der Waals surface area contributed by atoms with Gasteiger partial charge in [-0.25, -0.2) is 9.67 Å². The summed E-state index contributed by atoms with van der Waals surface area (Å²) >= 11 is 3.80. The largest absolute Gasteiger partial charge is 0.482 e. The number of para-hydroxylation sites is 1. The van der Waals surface area contributed by atoms with Gasteiger partial charge in [-0.2, -0.15) is 5.10 Å². The van der Waals surface area contributed by atoms with Crippen molar-refractivity contribution in [1.29, 1.82) is 0 Å². The number of ether oxygens (including phenoxy) is 1. The van der Waals surface area contributed by atoms with Crippen molar-refractivity contribution in [2.24, 2.45) is 10.1 Å². The third kappa shape index (κ3) is 4.37. The highest BCUT2D eigenvalue weighted by molar-refractivity contribution is 14.1. The van der Waals surface area contributed by atoms with Crippen molar-refractivity contribution in [1.82, 2.24) is 4.68 Å². The lowest BCUT2D eigenvalue weighted by molar-refractivity contribution is -0.118. The number of amides is 1. The van der Waals surface area contributed by atoms with Gasteiger partial charge in [0.1, 0.15) is 5.75 Å². The fraction of sp³-hybridized carbons (Fsp3) is 0.0417. The number of rotatable bonds is 4. The number of fused-ring (bicyclic) bond motifs is 1. The second-order valence-corrected chi connectivity index (χ2v) is 8.98. The molecule has 0 atom stereocenters. The SMILES string of the molecule is O=C1COc2ccc(-c3csc(=Nc4ccccc4)n3N=Cc3ccccc3I)cc2N1. The average Bonchev–Trinajstić information content (AvgIpc) is 3.21. The topological polar surface area (TPSA) is 68.0 Å². The van der Waals surface area contributed by atoms with E-state index in [1.807, 2.05) is 89.1 Å². The van der Waals surface area contributed by atoms with Gasteiger partial charge in [-0.05, 0) is 59.0 Å². The van der Waals surface area contributed by atoms with Crippen molar-refractivity contribution < 1.29 is 9.53 Å². The molecule has 0 saturated heterocycles. The molecule has 1 amide bonds. The van der Waals surface area contributed by atoms with Crippen molar-refractivity contribution >= 4 is 57.4 Å². The summed E-state index contributed by atoms with van der Waals surface area (Å²) in [6.07, 6.45) is 1.84. The Labute approximate surface area is 202 Å². The minimum absolute atomic E-state index is 0.0326. The van der Waals surface area contributed by atoms with E-state index in [2.05, 4.69) is 27.9 Å². The number of nitrogens with one attached hydrogen (secondary N) is 1. The summed E-state index contributed by atoms with van der Waals surface area (Å²) < 4.78 is 8.43. The number of thiazole rings is 1. The molecule has 1 N–H and O–H groups in total. The molecular weight excluding hydrogens is 535 g/mol. The van der Waals surface area contributed by atoms with E-state index in [9.17, 15) is 4.79 Å². The number of benzene rings is 3. The van der Waals surface area contributed by atoms with Crippen molar-refractivity contribution in [2.45, 2.75) is 0 Å². The van der Waals surface area contributed by atoms with Crippen LogP contribution in [0.25, 0.3) is 11.3 Å². The van der Waals surface area contributed by atoms with E-state index >= 15 is 0 Å². The van der Waals surface area contributed by atoms with Crippen molar-refractivity contribution in [3.8, 4) is 17.0 Å². The molecule has 2 heterocycles. The zero-order valence-corrected chi connectivity index (χ0v) is 19.7. The predicted octanol–water partition coefficient (Wildman–Crippen LogP) is 5.27. The van der Waals surface area contributed by atoms with E-state index in [0.29, 0.717) is 11.4 Å². The molecule has 0 saturated carbocycles. The Morgan fingerprint density at radius 2 is 1.88 bits per heavy atom. The van der Waals surface area contributed by atoms with Crippen LogP contribution >= 0.6 is 33.9 Å². The number of nitrogens with zero attached hydrogens (tertiary/aromatic N) is 3. The van der Waals surface area contributed by atoms with Gasteiger partial charge < -0.3 is 10.1 Å². The molecule has 4 aromatic rings. The van der Waals surface area contributed by atoms with Crippen molar-refractivity contribution in [2.75, 3.05) is 11.9 Å². The maximum absolute atomic E-state index is 11.8. The zero-order valence-electron chi connectivity index (χ0n) is 16.7. The summed E-state index contributed by atoms with van der Waals surface area (Å²) in [6.45, 7) is 0.0326. The Morgan fingerprint density at radius 3 is 2.72 bits per heavy atom. The van der Waals surface area contributed by atoms with E-state index in [4.69, 9.17) is 14.8 Å². The summed E-state index contributed by atoms with van der Waals surface area (Å²) in [4.78, 5) is 17.3. The number of carbonyl (C=O) groups excluding carboxylic acids is 1. The van der Waals surface area contributed by atoms with E-state index < -0.39 is 0 Å². The lowest BCUT2D eigenvalue weighted by Gasteiger charge is -2.18. The Balaban J connectivity index is 1.63. The molecule has 32 heavy (non-hydrogen) atoms. The van der Waals surface area contributed by atoms with E-state index in [-0.39, 0.29) is 12.5 Å². The van der Waals surface area contributed by atoms with Crippen molar-refractivity contribution in [3.05, 3.63) is 92.1 Å². The minimum atomic E-state index is -0.163. The smallest absolute Gasteiger partial charge is 0.262 e. The van der Waals surface area contributed by atoms with Crippen LogP contribution < -0.4 is 14.9 Å². The number of hydrogen-bond acceptors (Lipinski definition) is 5. The molecule has 3 aromatic carbocycles. The van der Waals surface area contributed by atoms with Gasteiger partial charge in [-0.1, -0.05) is 36.4 Å². The summed E-state index contributed by atoms with van der Waals surface area (Å²) in [6, 6.07) is 23.6. The minimum Gasteiger partial charge on any atom is -0.482 e. The van der Waals surface area contributed by atoms with Gasteiger partial charge in [0.25, 0.3) is 5.91 Å². The monoisotopic (exact) mass is 552 g/mol. The second-order valence-electron chi connectivity index (χ2n) is 6.98. The molecule has 1 aromatic heterocycles. The van der Waals surface area contributed by atoms with Gasteiger partial charge >= 0.3 is 0 Å². The maximum Gasteiger partial charge on any atom is 0.262 e. The lowest BCUT2D eigenvalue weighted by Crippen LogP contribution is -2.25. The first kappa shape index (κ1) is 20.7. The Bertz CT molecular complexity index is 1390. The number of hydrogen-bond donors (Lipinski definition) is 1. The highest BCUT2D eigenvalue weighted by atomic mass is 127. The third-order valence-corrected chi connectivity index (χ3v) is 6.59. The Morgan fingerprint density at radius 1 is 1.06 bits per heavy atom. The zero-order chi connectivity index (χ0) is 21.9. The predicted molar refractivity (Wildman–Crippen MR) is 136 cm³/mol. The first-order chi connectivity index (χ1) is 15.7. The molecule has 0 bridgehead atoms. The summed E-state index contributed by atoms with van der Waals surface area (Å²) in [5.74, 6) is 0.496. The van der Waals surface area contributed by atoms with Crippen LogP contribution in [0.1, 0.15) is 5.56 Å². The number of anilines is 1. The molecule has 0 spiro atoms. The summed E-state index contributed by atoms with van der Waals surface area (Å²) in [5, 5.41) is 9.67. The molecule has 0 aliphatic carbocycles. The van der Waals surface area contributed by atoms with Crippen LogP contribution in [0.4, 0.5) is 11.4 Å². The molecule has 0 radical (unpaired) electrons. The van der Waals surface area contributed by atoms with Gasteiger partial charge in [-0.15, -0.1) is 11.3 Å². The lowest BCUT2D eigenvalue weighted by atomic mass is 10.1. The maximum atomic E-state index is 11.8. The fourth-order valence-corrected chi connectivity index (χ4v) is 4.63. The van der Waals surface area contributed by atoms with Crippen LogP contribution in [0.3, 0.4) is 0 Å². The standard InChI is InChI=1S/C24H17IN4O2S/c25-19-9-5-4-6-17(19)13-26-29-21(15-32-24(29)27-18-7-2-1-3-8-18)16-10-11-22-20(12-16)28-23(30)14-31-22/h1-13,15H,14H2,(H,28,30). The van der Waals surface area contributed by atoms with E-state index in [0.717, 1.165) is 30.9 Å². The highest BCUT2D eigenvalue weighted by Crippen LogP contribution is 2.33. The molecule has 158 valence electrons. The average molecular weight is 552 g/mol. The molecule has 0 fully saturated rings. The van der Waals surface area contributed by atoms with E-state index in [1.54, 1.807) is 0 Å². The summed E-state index contributed by atoms with van der Waals surface area (Å²) in [5.41, 5.74) is 4.30. The van der Waals surface area contributed by atoms with Gasteiger partial charge in [0.05, 0.1) is 23.3 Å². The van der Waals surface area contributed by atoms with Crippen molar-refractivity contribution in [3.63, 3.8) is 0 Å². The number of halogens is 1. The second kappa shape index (κ2) is 9.09. The van der Waals surface area contributed by atoms with Crippen LogP contribution in [-0.4, -0.2) is 23.4 Å². The molecule has 1 aliphatic rings. The Kier molecular flexibility index (Phi) is 5.87. The number of aromatic nitrogens is 1. The van der Waals surface area contributed by atoms with Gasteiger partial charge in [0, 0.05) is 20.1 Å². The third-order valence-electron chi connectivity index (χ3n) is 4.79. The molecular formula is C24H17IN4O2S. The molecule has 1 aliphatic heterocycles. The normalized spacial score (nSPS) is 13.7. The first-order valence-corrected chi connectivity index (χ1v) is 11.8. The quantitative estimate of drug-likeness (QED) is 0.277. The molecule has 5 rings (SSSR count). The van der Waals surface area contributed by atoms with Crippen LogP contribution in [0, 0.1) is 3.57 Å². The first-order valence-electron chi connectivity index (χ1n) is 9.84. The fourth-order valence-electron chi connectivity index (χ4n) is 3.24. The summed E-state index contributed by atoms with van der Waals surface area (Å²) in [7, 11) is 0. The van der Waals surface area contributed by atoms with E-state index in [1.165, 1.54) is 11.3 Å². The van der Waals surface area contributed by atoms with Crippen LogP contribution in [0.5, 0.6) is 5.75 Å². The van der Waals surface area contributed by atoms with Crippen LogP contribution in [-0.2, 0) is 4.79 Å². The molecule has 8 heteroatoms. The molecule has 6 nitrogen and oxygen atoms in total. The van der Waals surface area contributed by atoms with Gasteiger partial charge in [0.2, 0.25) is 4.80 Å². The van der Waals surface area contributed by atoms with Gasteiger partial charge in [0.15, 0.2) is 6.61 Å². The van der Waals surface area contributed by atoms with Gasteiger partial charge in [-0.3, -0.25) is 4.79 Å². The van der Waals surface area contributed by atoms with Crippen LogP contribution in [0.15, 0.2) is 88.3 Å². The Hall–Kier alpha value is -3.24. The van der Waals surface area contributed by atoms with Crippen LogP contribution in [0.2, 0.25) is 0 Å².